The highest BCUT2D eigenvalue weighted by Gasteiger charge is 2.33. The van der Waals surface area contributed by atoms with Crippen LogP contribution in [0.5, 0.6) is 0 Å². The third-order valence-electron chi connectivity index (χ3n) is 0.958. The van der Waals surface area contributed by atoms with Gasteiger partial charge in [-0.1, -0.05) is 0 Å². The van der Waals surface area contributed by atoms with Crippen LogP contribution in [0.4, 0.5) is 13.2 Å². The Hall–Kier alpha value is -1.11. The van der Waals surface area contributed by atoms with Gasteiger partial charge in [-0.25, -0.2) is 18.0 Å². The first-order valence-corrected chi connectivity index (χ1v) is 3.13. The Kier molecular flexibility index (Phi) is 7.11. The van der Waals surface area contributed by atoms with Crippen molar-refractivity contribution >= 4 is 11.8 Å². The van der Waals surface area contributed by atoms with E-state index in [1.54, 1.807) is 0 Å². The van der Waals surface area contributed by atoms with E-state index in [0.29, 0.717) is 0 Å². The van der Waals surface area contributed by atoms with Crippen LogP contribution in [0.25, 0.3) is 0 Å². The monoisotopic (exact) mass is 198 g/mol. The minimum Gasteiger partial charge on any atom is -0.463 e. The molecule has 7 heteroatoms. The molecule has 0 aliphatic rings. The highest BCUT2D eigenvalue weighted by Crippen LogP contribution is 2.04. The number of esters is 1. The molecule has 0 bridgehead atoms. The molecule has 0 spiro atoms. The molecule has 0 saturated carbocycles. The van der Waals surface area contributed by atoms with Gasteiger partial charge in [0.15, 0.2) is 0 Å². The maximum atomic E-state index is 12.3. The summed E-state index contributed by atoms with van der Waals surface area (Å²) in [5.74, 6) is -3.63. The van der Waals surface area contributed by atoms with Crippen LogP contribution in [0.3, 0.4) is 0 Å². The minimum atomic E-state index is -3.48. The first-order valence-electron chi connectivity index (χ1n) is 3.13. The molecule has 1 atom stereocenters. The van der Waals surface area contributed by atoms with Gasteiger partial charge in [-0.15, -0.1) is 0 Å². The van der Waals surface area contributed by atoms with E-state index in [1.165, 1.54) is 6.92 Å². The lowest BCUT2D eigenvalue weighted by molar-refractivity contribution is -0.156. The normalized spacial score (nSPS) is 11.8. The molecule has 13 heavy (non-hydrogen) atoms. The fourth-order valence-electron chi connectivity index (χ4n) is 0.442. The van der Waals surface area contributed by atoms with Crippen molar-refractivity contribution in [3.63, 3.8) is 0 Å². The zero-order valence-corrected chi connectivity index (χ0v) is 6.67. The predicted octanol–water partition coefficient (Wildman–Crippen LogP) is 0.241. The first-order chi connectivity index (χ1) is 5.50. The van der Waals surface area contributed by atoms with Crippen LogP contribution < -0.4 is 6.15 Å². The molecule has 75 valence electrons. The summed E-state index contributed by atoms with van der Waals surface area (Å²) in [6.07, 6.45) is -6.35. The van der Waals surface area contributed by atoms with E-state index in [9.17, 15) is 22.8 Å². The number of alkyl halides is 3. The van der Waals surface area contributed by atoms with E-state index >= 15 is 0 Å². The quantitative estimate of drug-likeness (QED) is 0.479. The Balaban J connectivity index is 0. The van der Waals surface area contributed by atoms with Gasteiger partial charge in [-0.3, -0.25) is 4.79 Å². The standard InChI is InChI=1S/C6H7F3O3.N/c1-2-12-6(11)3(7)4(10)5(8)9;/h3,5H,2H2,1H3;. The van der Waals surface area contributed by atoms with Gasteiger partial charge < -0.3 is 4.74 Å². The number of carbonyl (C=O) groups is 2. The number of Topliss-reactive ketones (excluding diaryl/α,β-unsaturated/α-hetero) is 1. The fraction of sp³-hybridized carbons (Fsp3) is 0.667. The summed E-state index contributed by atoms with van der Waals surface area (Å²) in [6.45, 7) is 1.22. The highest BCUT2D eigenvalue weighted by molar-refractivity contribution is 6.03. The molecule has 0 rings (SSSR count). The van der Waals surface area contributed by atoms with E-state index in [-0.39, 0.29) is 12.8 Å². The smallest absolute Gasteiger partial charge is 0.348 e. The molecule has 0 fully saturated rings. The number of hydrogen-bond acceptors (Lipinski definition) is 3. The van der Waals surface area contributed by atoms with E-state index < -0.39 is 24.3 Å². The molecule has 0 heterocycles. The van der Waals surface area contributed by atoms with Crippen LogP contribution >= 0.6 is 0 Å². The Morgan fingerprint density at radius 2 is 1.77 bits per heavy atom. The van der Waals surface area contributed by atoms with Gasteiger partial charge in [0.2, 0.25) is 5.78 Å². The lowest BCUT2D eigenvalue weighted by atomic mass is 10.2. The zero-order valence-electron chi connectivity index (χ0n) is 6.67. The largest absolute Gasteiger partial charge is 0.463 e. The molecule has 4 nitrogen and oxygen atoms in total. The van der Waals surface area contributed by atoms with Crippen LogP contribution in [0.2, 0.25) is 0 Å². The van der Waals surface area contributed by atoms with E-state index in [2.05, 4.69) is 4.74 Å². The summed E-state index contributed by atoms with van der Waals surface area (Å²) in [5.41, 5.74) is 0. The highest BCUT2D eigenvalue weighted by atomic mass is 19.3. The third kappa shape index (κ3) is 4.46. The van der Waals surface area contributed by atoms with Gasteiger partial charge in [0.25, 0.3) is 12.6 Å². The van der Waals surface area contributed by atoms with Crippen molar-refractivity contribution in [2.75, 3.05) is 6.61 Å². The van der Waals surface area contributed by atoms with E-state index in [4.69, 9.17) is 0 Å². The molecule has 0 N–H and O–H groups in total. The lowest BCUT2D eigenvalue weighted by Gasteiger charge is -2.04. The molecule has 0 aliphatic carbocycles. The van der Waals surface area contributed by atoms with Crippen molar-refractivity contribution in [3.05, 3.63) is 0 Å². The number of ether oxygens (including phenoxy) is 1. The Morgan fingerprint density at radius 1 is 1.31 bits per heavy atom. The molecular formula is C6H7F3NO3. The van der Waals surface area contributed by atoms with Crippen LogP contribution in [0.15, 0.2) is 0 Å². The second-order valence-electron chi connectivity index (χ2n) is 1.82. The number of hydrogen-bond donors (Lipinski definition) is 0. The van der Waals surface area contributed by atoms with Crippen LogP contribution in [-0.4, -0.2) is 31.0 Å². The second kappa shape index (κ2) is 6.41. The molecule has 0 aliphatic heterocycles. The van der Waals surface area contributed by atoms with Crippen LogP contribution in [-0.2, 0) is 14.3 Å². The molecular weight excluding hydrogens is 191 g/mol. The van der Waals surface area contributed by atoms with Crippen LogP contribution in [0.1, 0.15) is 6.92 Å². The minimum absolute atomic E-state index is 0. The molecule has 0 aromatic heterocycles. The van der Waals surface area contributed by atoms with E-state index in [0.717, 1.165) is 0 Å². The maximum absolute atomic E-state index is 12.3. The van der Waals surface area contributed by atoms with Gasteiger partial charge in [0, 0.05) is 6.15 Å². The van der Waals surface area contributed by atoms with Gasteiger partial charge in [-0.05, 0) is 6.92 Å². The van der Waals surface area contributed by atoms with Crippen molar-refractivity contribution in [3.8, 4) is 0 Å². The summed E-state index contributed by atoms with van der Waals surface area (Å²) >= 11 is 0. The molecule has 0 saturated heterocycles. The van der Waals surface area contributed by atoms with Gasteiger partial charge in [0.05, 0.1) is 6.61 Å². The molecule has 0 aromatic carbocycles. The van der Waals surface area contributed by atoms with Crippen molar-refractivity contribution in [1.29, 1.82) is 0 Å². The van der Waals surface area contributed by atoms with Gasteiger partial charge in [-0.2, -0.15) is 0 Å². The Bertz CT molecular complexity index is 186. The second-order valence-corrected chi connectivity index (χ2v) is 1.82. The Labute approximate surface area is 72.6 Å². The SMILES string of the molecule is CCOC(=O)C(F)C(=O)C(F)F.[N]. The maximum Gasteiger partial charge on any atom is 0.348 e. The average Bonchev–Trinajstić information content (AvgIpc) is 2.02. The summed E-state index contributed by atoms with van der Waals surface area (Å²) in [4.78, 5) is 20.5. The van der Waals surface area contributed by atoms with Crippen molar-refractivity contribution in [2.24, 2.45) is 0 Å². The Morgan fingerprint density at radius 3 is 2.08 bits per heavy atom. The molecule has 0 amide bonds. The third-order valence-corrected chi connectivity index (χ3v) is 0.958. The molecule has 1 unspecified atom stereocenters. The lowest BCUT2D eigenvalue weighted by Crippen LogP contribution is -2.32. The topological polar surface area (TPSA) is 73.9 Å². The van der Waals surface area contributed by atoms with Crippen LogP contribution in [0, 0.1) is 0 Å². The number of nitrogens with zero attached hydrogens (tertiary/aromatic N) is 1. The number of rotatable bonds is 4. The van der Waals surface area contributed by atoms with Crippen molar-refractivity contribution in [2.45, 2.75) is 19.5 Å². The molecule has 0 aromatic rings. The van der Waals surface area contributed by atoms with Gasteiger partial charge >= 0.3 is 5.97 Å². The predicted molar refractivity (Wildman–Crippen MR) is 34.7 cm³/mol. The number of halogens is 3. The average molecular weight is 198 g/mol. The number of ketones is 1. The fourth-order valence-corrected chi connectivity index (χ4v) is 0.442. The van der Waals surface area contributed by atoms with Crippen molar-refractivity contribution < 1.29 is 27.5 Å². The van der Waals surface area contributed by atoms with Gasteiger partial charge in [0.1, 0.15) is 0 Å². The van der Waals surface area contributed by atoms with Crippen molar-refractivity contribution in [1.82, 2.24) is 6.15 Å². The first kappa shape index (κ1) is 14.4. The summed E-state index contributed by atoms with van der Waals surface area (Å²) in [6, 6.07) is 0. The summed E-state index contributed by atoms with van der Waals surface area (Å²) in [5, 5.41) is 0. The molecule has 3 radical (unpaired) electrons. The summed E-state index contributed by atoms with van der Waals surface area (Å²) < 4.78 is 39.3. The zero-order chi connectivity index (χ0) is 9.72. The van der Waals surface area contributed by atoms with E-state index in [1.807, 2.05) is 0 Å². The summed E-state index contributed by atoms with van der Waals surface area (Å²) in [7, 11) is 0. The number of carbonyl (C=O) groups excluding carboxylic acids is 2.